The first-order valence-corrected chi connectivity index (χ1v) is 13.5. The lowest BCUT2D eigenvalue weighted by molar-refractivity contribution is -0.140. The van der Waals surface area contributed by atoms with Gasteiger partial charge in [-0.2, -0.15) is 0 Å². The van der Waals surface area contributed by atoms with Crippen molar-refractivity contribution in [2.24, 2.45) is 0 Å². The Morgan fingerprint density at radius 2 is 1.36 bits per heavy atom. The fourth-order valence-corrected chi connectivity index (χ4v) is 6.21. The average molecular weight is 480 g/mol. The molecule has 0 unspecified atom stereocenters. The predicted octanol–water partition coefficient (Wildman–Crippen LogP) is 6.60. The van der Waals surface area contributed by atoms with Crippen LogP contribution in [0.2, 0.25) is 0 Å². The molecule has 0 aliphatic rings. The van der Waals surface area contributed by atoms with Gasteiger partial charge in [-0.05, 0) is 37.5 Å². The van der Waals surface area contributed by atoms with E-state index in [0.717, 1.165) is 12.3 Å². The van der Waals surface area contributed by atoms with Crippen molar-refractivity contribution in [3.63, 3.8) is 0 Å². The fraction of sp³-hybridized carbons (Fsp3) is 0.321. The van der Waals surface area contributed by atoms with E-state index in [1.807, 2.05) is 0 Å². The fourth-order valence-electron chi connectivity index (χ4n) is 3.79. The SMILES string of the molecule is COC(=O)CCSSC(C)(C)CNC(c1ccccc1)(c1ccccc1)c1ccc(C)cc1. The maximum atomic E-state index is 11.4. The Morgan fingerprint density at radius 3 is 1.88 bits per heavy atom. The number of hydrogen-bond acceptors (Lipinski definition) is 5. The zero-order valence-electron chi connectivity index (χ0n) is 19.8. The van der Waals surface area contributed by atoms with Gasteiger partial charge in [0.05, 0.1) is 19.1 Å². The molecule has 0 radical (unpaired) electrons. The highest BCUT2D eigenvalue weighted by Crippen LogP contribution is 2.40. The molecule has 0 heterocycles. The minimum absolute atomic E-state index is 0.0553. The molecule has 0 aliphatic carbocycles. The van der Waals surface area contributed by atoms with Gasteiger partial charge in [-0.1, -0.05) is 112 Å². The molecule has 0 fully saturated rings. The number of rotatable bonds is 11. The number of carbonyl (C=O) groups is 1. The summed E-state index contributed by atoms with van der Waals surface area (Å²) in [6.07, 6.45) is 0.430. The smallest absolute Gasteiger partial charge is 0.306 e. The Labute approximate surface area is 206 Å². The lowest BCUT2D eigenvalue weighted by Crippen LogP contribution is -2.49. The van der Waals surface area contributed by atoms with Gasteiger partial charge in [0, 0.05) is 17.0 Å². The molecule has 0 saturated heterocycles. The van der Waals surface area contributed by atoms with Gasteiger partial charge in [-0.15, -0.1) is 0 Å². The molecule has 0 aliphatic heterocycles. The topological polar surface area (TPSA) is 38.3 Å². The van der Waals surface area contributed by atoms with Crippen LogP contribution in [0.1, 0.15) is 42.5 Å². The Bertz CT molecular complexity index is 966. The monoisotopic (exact) mass is 479 g/mol. The molecule has 0 atom stereocenters. The molecule has 3 aromatic carbocycles. The second kappa shape index (κ2) is 11.8. The summed E-state index contributed by atoms with van der Waals surface area (Å²) >= 11 is 0. The summed E-state index contributed by atoms with van der Waals surface area (Å²) in [4.78, 5) is 11.4. The van der Waals surface area contributed by atoms with Crippen LogP contribution in [0, 0.1) is 6.92 Å². The number of carbonyl (C=O) groups excluding carboxylic acids is 1. The summed E-state index contributed by atoms with van der Waals surface area (Å²) in [5.74, 6) is 0.576. The van der Waals surface area contributed by atoms with E-state index in [-0.39, 0.29) is 10.7 Å². The normalized spacial score (nSPS) is 11.9. The highest BCUT2D eigenvalue weighted by molar-refractivity contribution is 8.77. The van der Waals surface area contributed by atoms with E-state index in [1.54, 1.807) is 21.6 Å². The van der Waals surface area contributed by atoms with Crippen LogP contribution in [0.15, 0.2) is 84.9 Å². The molecular formula is C28H33NO2S2. The zero-order valence-corrected chi connectivity index (χ0v) is 21.5. The van der Waals surface area contributed by atoms with Crippen molar-refractivity contribution in [2.45, 2.75) is 37.5 Å². The number of methoxy groups -OCH3 is 1. The number of ether oxygens (including phenoxy) is 1. The van der Waals surface area contributed by atoms with E-state index >= 15 is 0 Å². The summed E-state index contributed by atoms with van der Waals surface area (Å²) in [6.45, 7) is 7.38. The summed E-state index contributed by atoms with van der Waals surface area (Å²) in [5, 5.41) is 3.98. The number of hydrogen-bond donors (Lipinski definition) is 1. The molecule has 33 heavy (non-hydrogen) atoms. The summed E-state index contributed by atoms with van der Waals surface area (Å²) in [5.41, 5.74) is 4.39. The van der Waals surface area contributed by atoms with Crippen molar-refractivity contribution < 1.29 is 9.53 Å². The standard InChI is InChI=1S/C28H33NO2S2/c1-22-15-17-25(18-16-22)28(23-11-7-5-8-12-23,24-13-9-6-10-14-24)29-21-27(2,3)33-32-20-19-26(30)31-4/h5-18,29H,19-21H2,1-4H3. The molecule has 3 nitrogen and oxygen atoms in total. The largest absolute Gasteiger partial charge is 0.469 e. The van der Waals surface area contributed by atoms with E-state index in [9.17, 15) is 4.79 Å². The Kier molecular flexibility index (Phi) is 9.07. The Balaban J connectivity index is 1.93. The molecule has 1 N–H and O–H groups in total. The zero-order chi connectivity index (χ0) is 23.7. The van der Waals surface area contributed by atoms with Crippen molar-refractivity contribution >= 4 is 27.6 Å². The highest BCUT2D eigenvalue weighted by atomic mass is 33.1. The maximum absolute atomic E-state index is 11.4. The van der Waals surface area contributed by atoms with Crippen molar-refractivity contribution in [1.82, 2.24) is 5.32 Å². The van der Waals surface area contributed by atoms with Gasteiger partial charge in [-0.3, -0.25) is 10.1 Å². The van der Waals surface area contributed by atoms with Gasteiger partial charge in [0.1, 0.15) is 0 Å². The van der Waals surface area contributed by atoms with Crippen LogP contribution in [-0.2, 0) is 15.1 Å². The number of esters is 1. The van der Waals surface area contributed by atoms with Gasteiger partial charge in [0.25, 0.3) is 0 Å². The number of nitrogens with one attached hydrogen (secondary N) is 1. The predicted molar refractivity (Wildman–Crippen MR) is 143 cm³/mol. The quantitative estimate of drug-likeness (QED) is 0.145. The molecule has 0 amide bonds. The molecule has 0 spiro atoms. The lowest BCUT2D eigenvalue weighted by Gasteiger charge is -2.39. The van der Waals surface area contributed by atoms with Crippen molar-refractivity contribution in [3.05, 3.63) is 107 Å². The van der Waals surface area contributed by atoms with Crippen LogP contribution < -0.4 is 5.32 Å². The molecule has 0 aromatic heterocycles. The summed E-state index contributed by atoms with van der Waals surface area (Å²) in [7, 11) is 4.96. The molecule has 0 bridgehead atoms. The van der Waals surface area contributed by atoms with Gasteiger partial charge in [-0.25, -0.2) is 0 Å². The minimum atomic E-state index is -0.481. The van der Waals surface area contributed by atoms with E-state index in [4.69, 9.17) is 4.74 Å². The average Bonchev–Trinajstić information content (AvgIpc) is 2.84. The van der Waals surface area contributed by atoms with Crippen molar-refractivity contribution in [3.8, 4) is 0 Å². The molecule has 174 valence electrons. The minimum Gasteiger partial charge on any atom is -0.469 e. The Hall–Kier alpha value is -2.21. The van der Waals surface area contributed by atoms with Crippen LogP contribution in [0.4, 0.5) is 0 Å². The molecule has 3 rings (SSSR count). The molecule has 3 aromatic rings. The number of aryl methyl sites for hydroxylation is 1. The van der Waals surface area contributed by atoms with Crippen molar-refractivity contribution in [2.75, 3.05) is 19.4 Å². The van der Waals surface area contributed by atoms with Crippen LogP contribution in [0.25, 0.3) is 0 Å². The summed E-state index contributed by atoms with van der Waals surface area (Å²) in [6, 6.07) is 30.2. The molecule has 0 saturated carbocycles. The second-order valence-electron chi connectivity index (χ2n) is 8.69. The van der Waals surface area contributed by atoms with E-state index in [2.05, 4.69) is 111 Å². The maximum Gasteiger partial charge on any atom is 0.306 e. The van der Waals surface area contributed by atoms with E-state index in [1.165, 1.54) is 29.4 Å². The third-order valence-corrected chi connectivity index (χ3v) is 8.87. The Morgan fingerprint density at radius 1 is 0.848 bits per heavy atom. The van der Waals surface area contributed by atoms with E-state index < -0.39 is 5.54 Å². The molecule has 5 heteroatoms. The summed E-state index contributed by atoms with van der Waals surface area (Å²) < 4.78 is 4.70. The lowest BCUT2D eigenvalue weighted by atomic mass is 9.76. The highest BCUT2D eigenvalue weighted by Gasteiger charge is 2.37. The van der Waals surface area contributed by atoms with Crippen LogP contribution >= 0.6 is 21.6 Å². The third-order valence-electron chi connectivity index (χ3n) is 5.58. The van der Waals surface area contributed by atoms with Gasteiger partial charge >= 0.3 is 5.97 Å². The van der Waals surface area contributed by atoms with Gasteiger partial charge in [0.15, 0.2) is 0 Å². The first-order valence-electron chi connectivity index (χ1n) is 11.2. The van der Waals surface area contributed by atoms with Gasteiger partial charge in [0.2, 0.25) is 0 Å². The first kappa shape index (κ1) is 25.4. The van der Waals surface area contributed by atoms with Gasteiger partial charge < -0.3 is 4.74 Å². The van der Waals surface area contributed by atoms with E-state index in [0.29, 0.717) is 6.42 Å². The second-order valence-corrected chi connectivity index (χ2v) is 11.8. The van der Waals surface area contributed by atoms with Crippen LogP contribution in [-0.4, -0.2) is 30.1 Å². The number of benzene rings is 3. The molecular weight excluding hydrogens is 446 g/mol. The van der Waals surface area contributed by atoms with Crippen molar-refractivity contribution in [1.29, 1.82) is 0 Å². The third kappa shape index (κ3) is 6.66. The van der Waals surface area contributed by atoms with Crippen LogP contribution in [0.3, 0.4) is 0 Å². The van der Waals surface area contributed by atoms with Crippen LogP contribution in [0.5, 0.6) is 0 Å². The first-order chi connectivity index (χ1) is 15.9.